The molecule has 1 aromatic rings. The van der Waals surface area contributed by atoms with Crippen LogP contribution in [0.25, 0.3) is 0 Å². The number of hydrogen-bond donors (Lipinski definition) is 3. The monoisotopic (exact) mass is 383 g/mol. The van der Waals surface area contributed by atoms with Crippen molar-refractivity contribution in [2.24, 2.45) is 0 Å². The van der Waals surface area contributed by atoms with Crippen LogP contribution in [0.5, 0.6) is 0 Å². The first-order valence-corrected chi connectivity index (χ1v) is 6.58. The molecule has 1 aliphatic heterocycles. The molecule has 4 atom stereocenters. The van der Waals surface area contributed by atoms with Crippen LogP contribution >= 0.6 is 22.6 Å². The number of nitrogen functional groups attached to an aromatic ring is 1. The Morgan fingerprint density at radius 1 is 1.68 bits per heavy atom. The van der Waals surface area contributed by atoms with Gasteiger partial charge < -0.3 is 25.4 Å². The van der Waals surface area contributed by atoms with Crippen molar-refractivity contribution in [3.05, 3.63) is 20.3 Å². The van der Waals surface area contributed by atoms with Crippen LogP contribution in [0.1, 0.15) is 6.23 Å². The van der Waals surface area contributed by atoms with Crippen molar-refractivity contribution < 1.29 is 19.7 Å². The van der Waals surface area contributed by atoms with Gasteiger partial charge in [0.05, 0.1) is 10.2 Å². The standard InChI is InChI=1S/C10H14IN3O5/c1-18-7-6(16)5(3-15)19-9(7)14-2-4(11)8(12)13-10(14)17/h2,5-7,9,15-16H,3H2,1H3,(H2,12,13,17)/t5-,6-,7-,9-/m0/s1. The molecule has 0 unspecified atom stereocenters. The number of ether oxygens (including phenoxy) is 2. The summed E-state index contributed by atoms with van der Waals surface area (Å²) in [5, 5.41) is 19.0. The quantitative estimate of drug-likeness (QED) is 0.555. The van der Waals surface area contributed by atoms with E-state index in [1.807, 2.05) is 22.6 Å². The van der Waals surface area contributed by atoms with Crippen molar-refractivity contribution in [2.45, 2.75) is 24.5 Å². The molecule has 0 spiro atoms. The van der Waals surface area contributed by atoms with E-state index in [1.165, 1.54) is 17.9 Å². The summed E-state index contributed by atoms with van der Waals surface area (Å²) in [5.41, 5.74) is 4.94. The van der Waals surface area contributed by atoms with E-state index in [4.69, 9.17) is 20.3 Å². The molecule has 2 rings (SSSR count). The molecule has 19 heavy (non-hydrogen) atoms. The third kappa shape index (κ3) is 2.60. The van der Waals surface area contributed by atoms with E-state index in [9.17, 15) is 9.90 Å². The fourth-order valence-electron chi connectivity index (χ4n) is 1.99. The lowest BCUT2D eigenvalue weighted by Gasteiger charge is -2.20. The lowest BCUT2D eigenvalue weighted by atomic mass is 10.1. The Balaban J connectivity index is 2.41. The molecule has 2 heterocycles. The second kappa shape index (κ2) is 5.71. The van der Waals surface area contributed by atoms with E-state index in [0.717, 1.165) is 0 Å². The summed E-state index contributed by atoms with van der Waals surface area (Å²) in [6.45, 7) is -0.369. The lowest BCUT2D eigenvalue weighted by molar-refractivity contribution is -0.0625. The second-order valence-corrected chi connectivity index (χ2v) is 5.26. The Labute approximate surface area is 122 Å². The molecule has 0 aliphatic carbocycles. The third-order valence-electron chi connectivity index (χ3n) is 2.97. The summed E-state index contributed by atoms with van der Waals surface area (Å²) in [5.74, 6) is 0.132. The second-order valence-electron chi connectivity index (χ2n) is 4.10. The highest BCUT2D eigenvalue weighted by atomic mass is 127. The van der Waals surface area contributed by atoms with Gasteiger partial charge >= 0.3 is 5.69 Å². The van der Waals surface area contributed by atoms with Gasteiger partial charge in [0.15, 0.2) is 6.23 Å². The van der Waals surface area contributed by atoms with Crippen LogP contribution in [0, 0.1) is 3.57 Å². The predicted octanol–water partition coefficient (Wildman–Crippen LogP) is -1.30. The summed E-state index contributed by atoms with van der Waals surface area (Å²) in [6, 6.07) is 0. The number of anilines is 1. The zero-order valence-electron chi connectivity index (χ0n) is 10.1. The number of halogens is 1. The van der Waals surface area contributed by atoms with Gasteiger partial charge in [0, 0.05) is 13.3 Å². The van der Waals surface area contributed by atoms with Gasteiger partial charge in [-0.3, -0.25) is 4.57 Å². The molecule has 0 aromatic carbocycles. The number of aliphatic hydroxyl groups excluding tert-OH is 2. The van der Waals surface area contributed by atoms with E-state index in [2.05, 4.69) is 4.98 Å². The maximum atomic E-state index is 11.8. The molecule has 0 radical (unpaired) electrons. The van der Waals surface area contributed by atoms with Crippen LogP contribution in [0.4, 0.5) is 5.82 Å². The minimum Gasteiger partial charge on any atom is -0.394 e. The molecular weight excluding hydrogens is 369 g/mol. The Hall–Kier alpha value is -0.750. The van der Waals surface area contributed by atoms with Gasteiger partial charge in [0.2, 0.25) is 0 Å². The third-order valence-corrected chi connectivity index (χ3v) is 3.80. The van der Waals surface area contributed by atoms with Crippen molar-refractivity contribution >= 4 is 28.4 Å². The van der Waals surface area contributed by atoms with Crippen LogP contribution in [-0.2, 0) is 9.47 Å². The maximum absolute atomic E-state index is 11.8. The molecule has 4 N–H and O–H groups in total. The molecule has 1 fully saturated rings. The number of methoxy groups -OCH3 is 1. The Kier molecular flexibility index (Phi) is 4.40. The van der Waals surface area contributed by atoms with Gasteiger partial charge in [-0.15, -0.1) is 0 Å². The smallest absolute Gasteiger partial charge is 0.351 e. The number of nitrogens with two attached hydrogens (primary N) is 1. The highest BCUT2D eigenvalue weighted by Crippen LogP contribution is 2.30. The van der Waals surface area contributed by atoms with E-state index < -0.39 is 30.2 Å². The topological polar surface area (TPSA) is 120 Å². The highest BCUT2D eigenvalue weighted by molar-refractivity contribution is 14.1. The largest absolute Gasteiger partial charge is 0.394 e. The predicted molar refractivity (Wildman–Crippen MR) is 73.4 cm³/mol. The molecule has 0 amide bonds. The van der Waals surface area contributed by atoms with Crippen LogP contribution in [0.2, 0.25) is 0 Å². The molecule has 0 bridgehead atoms. The number of rotatable bonds is 3. The summed E-state index contributed by atoms with van der Waals surface area (Å²) in [7, 11) is 1.39. The molecule has 9 heteroatoms. The Bertz CT molecular complexity index is 522. The minimum atomic E-state index is -1.03. The minimum absolute atomic E-state index is 0.132. The van der Waals surface area contributed by atoms with Crippen LogP contribution in [-0.4, -0.2) is 51.8 Å². The molecule has 1 saturated heterocycles. The number of nitrogens with zero attached hydrogens (tertiary/aromatic N) is 2. The molecule has 1 aromatic heterocycles. The molecule has 1 aliphatic rings. The lowest BCUT2D eigenvalue weighted by Crippen LogP contribution is -2.37. The fourth-order valence-corrected chi connectivity index (χ4v) is 2.41. The molecular formula is C10H14IN3O5. The van der Waals surface area contributed by atoms with Crippen molar-refractivity contribution in [3.8, 4) is 0 Å². The molecule has 0 saturated carbocycles. The summed E-state index contributed by atoms with van der Waals surface area (Å²) in [4.78, 5) is 15.5. The van der Waals surface area contributed by atoms with E-state index in [1.54, 1.807) is 0 Å². The normalized spacial score (nSPS) is 30.7. The zero-order valence-corrected chi connectivity index (χ0v) is 12.2. The maximum Gasteiger partial charge on any atom is 0.351 e. The van der Waals surface area contributed by atoms with Gasteiger partial charge in [-0.1, -0.05) is 0 Å². The van der Waals surface area contributed by atoms with Crippen molar-refractivity contribution in [2.75, 3.05) is 19.5 Å². The molecule has 106 valence electrons. The first kappa shape index (κ1) is 14.7. The zero-order chi connectivity index (χ0) is 14.2. The van der Waals surface area contributed by atoms with Crippen molar-refractivity contribution in [1.29, 1.82) is 0 Å². The van der Waals surface area contributed by atoms with Crippen LogP contribution in [0.3, 0.4) is 0 Å². The van der Waals surface area contributed by atoms with Gasteiger partial charge in [-0.2, -0.15) is 4.98 Å². The van der Waals surface area contributed by atoms with Gasteiger partial charge in [0.1, 0.15) is 24.1 Å². The summed E-state index contributed by atoms with van der Waals surface area (Å²) < 4.78 is 12.4. The van der Waals surface area contributed by atoms with E-state index >= 15 is 0 Å². The number of aliphatic hydroxyl groups is 2. The first-order chi connectivity index (χ1) is 8.99. The van der Waals surface area contributed by atoms with E-state index in [-0.39, 0.29) is 12.4 Å². The van der Waals surface area contributed by atoms with Gasteiger partial charge in [-0.05, 0) is 22.6 Å². The number of aromatic nitrogens is 2. The number of hydrogen-bond acceptors (Lipinski definition) is 7. The Morgan fingerprint density at radius 3 is 2.95 bits per heavy atom. The Morgan fingerprint density at radius 2 is 2.37 bits per heavy atom. The summed E-state index contributed by atoms with van der Waals surface area (Å²) >= 11 is 1.94. The first-order valence-electron chi connectivity index (χ1n) is 5.51. The average Bonchev–Trinajstić information content (AvgIpc) is 2.70. The summed E-state index contributed by atoms with van der Waals surface area (Å²) in [6.07, 6.45) is -1.98. The van der Waals surface area contributed by atoms with Gasteiger partial charge in [0.25, 0.3) is 0 Å². The average molecular weight is 383 g/mol. The fraction of sp³-hybridized carbons (Fsp3) is 0.600. The van der Waals surface area contributed by atoms with Crippen molar-refractivity contribution in [3.63, 3.8) is 0 Å². The van der Waals surface area contributed by atoms with E-state index in [0.29, 0.717) is 3.57 Å². The van der Waals surface area contributed by atoms with Crippen LogP contribution < -0.4 is 11.4 Å². The highest BCUT2D eigenvalue weighted by Gasteiger charge is 2.45. The van der Waals surface area contributed by atoms with Gasteiger partial charge in [-0.25, -0.2) is 4.79 Å². The SMILES string of the molecule is CO[C@H]1[C@@H](O)[C@H](CO)O[C@@H]1n1cc(I)c(N)nc1=O. The molecule has 8 nitrogen and oxygen atoms in total. The van der Waals surface area contributed by atoms with Crippen LogP contribution in [0.15, 0.2) is 11.0 Å². The van der Waals surface area contributed by atoms with Crippen molar-refractivity contribution in [1.82, 2.24) is 9.55 Å².